The fraction of sp³-hybridized carbons (Fsp3) is 0.156. The Kier molecular flexibility index (Phi) is 29.3. The number of carbonyl (C=O) groups excluding carboxylic acids is 4. The molecule has 0 unspecified atom stereocenters. The number of fused-ring (bicyclic) bond motifs is 3. The number of ether oxygens (including phenoxy) is 3. The molecule has 124 heavy (non-hydrogen) atoms. The van der Waals surface area contributed by atoms with Crippen molar-refractivity contribution in [2.24, 2.45) is 4.99 Å². The van der Waals surface area contributed by atoms with Crippen LogP contribution in [0.5, 0.6) is 57.5 Å². The van der Waals surface area contributed by atoms with Crippen LogP contribution in [0, 0.1) is 52.9 Å². The van der Waals surface area contributed by atoms with Gasteiger partial charge in [-0.05, 0) is 201 Å². The molecule has 1 aliphatic rings. The second-order valence-corrected chi connectivity index (χ2v) is 32.4. The van der Waals surface area contributed by atoms with Crippen molar-refractivity contribution in [1.82, 2.24) is 24.7 Å². The van der Waals surface area contributed by atoms with Crippen molar-refractivity contribution in [3.8, 4) is 80.4 Å². The first-order valence-electron chi connectivity index (χ1n) is 37.1. The summed E-state index contributed by atoms with van der Waals surface area (Å²) in [7, 11) is 1.57. The number of methoxy groups -OCH3 is 1. The number of halogens is 3. The van der Waals surface area contributed by atoms with Crippen LogP contribution in [-0.2, 0) is 26.8 Å². The van der Waals surface area contributed by atoms with Crippen molar-refractivity contribution in [1.29, 1.82) is 5.26 Å². The van der Waals surface area contributed by atoms with Gasteiger partial charge in [-0.15, -0.1) is 11.3 Å². The molecule has 34 heteroatoms. The highest BCUT2D eigenvalue weighted by molar-refractivity contribution is 9.10. The van der Waals surface area contributed by atoms with E-state index >= 15 is 0 Å². The van der Waals surface area contributed by atoms with E-state index in [-0.39, 0.29) is 97.6 Å². The number of Topliss-reactive ketones (excluding diaryl/α,β-unsaturated/α-hetero) is 2. The Morgan fingerprint density at radius 3 is 1.85 bits per heavy atom. The van der Waals surface area contributed by atoms with Crippen molar-refractivity contribution < 1.29 is 91.9 Å². The number of aromatic nitrogens is 5. The molecule has 0 atom stereocenters. The smallest absolute Gasteiger partial charge is 0.375 e. The molecule has 8 aromatic carbocycles. The van der Waals surface area contributed by atoms with E-state index in [9.17, 15) is 88.5 Å². The average molecular weight is 1820 g/mol. The summed E-state index contributed by atoms with van der Waals surface area (Å²) in [4.78, 5) is 105. The van der Waals surface area contributed by atoms with Gasteiger partial charge < -0.3 is 68.9 Å². The lowest BCUT2D eigenvalue weighted by Crippen LogP contribution is -2.16. The standard InChI is InChI=1S/C21H16N2O6.C18H18N2O3S.C17H12BrNO3S.C17H12F2O5.C17H16N2O3S2/c1-2-28-21(27)20-16(12-10-22-23(11-12)13-6-4-3-5-7-13)17(25)14-8-9-15(24)18(26)19(14)29-20;1-11-6-13(4-5-16(11)21)17(22)10-24-18-15(8-19)14(9-23-3)7-12(2)20-18;1-9-2-4-11(5-3-9)17-19-16(22)14(23-17)8-10-6-12(18)15(21)13(20)7-10;1-17(18,19)16-15(23-9-5-3-2-4-6-9)12(21)10-7-8-11(20)13(22)14(10)24-16;1-8-6-11(4-5-12(8)20)13(21)7-23-17-18-15(22)14-9(2)10(3)24-16(14)19-17/h3-11,24,26H,2H2,1H3;4-7,21H,9-10H2,1-3H3;2-8,20-21H,1H3;2-8,20,22H,1H3;4-6,20H,7H2,1-3H3,(H,18,19,22)/b;;14-8-;;. The maximum atomic E-state index is 13.9. The minimum Gasteiger partial charge on any atom is -0.508 e. The van der Waals surface area contributed by atoms with E-state index in [4.69, 9.17) is 23.0 Å². The number of thioether (sulfide) groups is 3. The van der Waals surface area contributed by atoms with Crippen LogP contribution in [0.2, 0.25) is 0 Å². The number of H-pyrrole nitrogens is 1. The number of esters is 1. The molecule has 6 aromatic heterocycles. The van der Waals surface area contributed by atoms with Gasteiger partial charge in [0, 0.05) is 53.1 Å². The molecular weight excluding hydrogens is 1750 g/mol. The summed E-state index contributed by atoms with van der Waals surface area (Å²) < 4.78 is 55.8. The largest absolute Gasteiger partial charge is 0.508 e. The number of nitrogens with one attached hydrogen (secondary N) is 1. The molecule has 634 valence electrons. The van der Waals surface area contributed by atoms with Crippen LogP contribution >= 0.6 is 62.6 Å². The quantitative estimate of drug-likeness (QED) is 0.00906. The van der Waals surface area contributed by atoms with Crippen molar-refractivity contribution in [3.05, 3.63) is 294 Å². The summed E-state index contributed by atoms with van der Waals surface area (Å²) in [6.07, 6.45) is 4.67. The van der Waals surface area contributed by atoms with Crippen LogP contribution in [0.1, 0.15) is 106 Å². The molecule has 0 aliphatic carbocycles. The number of ketones is 2. The number of carbonyl (C=O) groups is 4. The highest BCUT2D eigenvalue weighted by Gasteiger charge is 2.37. The van der Waals surface area contributed by atoms with Gasteiger partial charge in [0.05, 0.1) is 73.3 Å². The Morgan fingerprint density at radius 2 is 1.27 bits per heavy atom. The lowest BCUT2D eigenvalue weighted by atomic mass is 10.0. The normalized spacial score (nSPS) is 11.9. The summed E-state index contributed by atoms with van der Waals surface area (Å²) >= 11 is 8.37. The van der Waals surface area contributed by atoms with Crippen LogP contribution in [0.3, 0.4) is 0 Å². The van der Waals surface area contributed by atoms with Crippen LogP contribution in [0.25, 0.3) is 55.0 Å². The molecule has 15 rings (SSSR count). The van der Waals surface area contributed by atoms with Gasteiger partial charge in [0.2, 0.25) is 39.6 Å². The third-order valence-corrected chi connectivity index (χ3v) is 22.9. The second-order valence-electron chi connectivity index (χ2n) is 27.4. The second kappa shape index (κ2) is 39.9. The average Bonchev–Trinajstić information content (AvgIpc) is 0.919. The summed E-state index contributed by atoms with van der Waals surface area (Å²) in [6.45, 7) is 13.7. The number of rotatable bonds is 19. The van der Waals surface area contributed by atoms with E-state index < -0.39 is 62.8 Å². The topological polar surface area (TPSA) is 431 Å². The van der Waals surface area contributed by atoms with Gasteiger partial charge in [-0.25, -0.2) is 24.4 Å². The van der Waals surface area contributed by atoms with E-state index in [1.54, 1.807) is 93.4 Å². The van der Waals surface area contributed by atoms with Crippen molar-refractivity contribution >= 4 is 129 Å². The number of hydrogen-bond acceptors (Lipinski definition) is 28. The maximum Gasteiger partial charge on any atom is 0.375 e. The minimum absolute atomic E-state index is 0.0100. The Bertz CT molecular complexity index is 6760. The number of benzene rings is 8. The van der Waals surface area contributed by atoms with Crippen molar-refractivity contribution in [3.63, 3.8) is 0 Å². The maximum absolute atomic E-state index is 13.9. The molecule has 1 amide bonds. The number of phenolic OH excluding ortho intramolecular Hbond substituents is 8. The van der Waals surface area contributed by atoms with Gasteiger partial charge >= 0.3 is 11.9 Å². The molecule has 0 saturated heterocycles. The summed E-state index contributed by atoms with van der Waals surface area (Å²) in [5.41, 5.74) is 6.59. The summed E-state index contributed by atoms with van der Waals surface area (Å²) in [6, 6.07) is 46.2. The number of aliphatic imine (C=N–C) groups is 1. The predicted molar refractivity (Wildman–Crippen MR) is 472 cm³/mol. The number of amides is 1. The van der Waals surface area contributed by atoms with Gasteiger partial charge in [0.1, 0.15) is 38.2 Å². The van der Waals surface area contributed by atoms with Gasteiger partial charge in [-0.1, -0.05) is 102 Å². The Balaban J connectivity index is 0.000000151. The third kappa shape index (κ3) is 21.4. The number of para-hydroxylation sites is 2. The Hall–Kier alpha value is -13.7. The van der Waals surface area contributed by atoms with E-state index in [0.717, 1.165) is 50.6 Å². The summed E-state index contributed by atoms with van der Waals surface area (Å²) in [5, 5.41) is 93.0. The number of alkyl halides is 2. The monoisotopic (exact) mass is 1820 g/mol. The molecule has 0 saturated carbocycles. The highest BCUT2D eigenvalue weighted by Crippen LogP contribution is 2.43. The number of phenols is 8. The molecule has 1 aliphatic heterocycles. The zero-order chi connectivity index (χ0) is 89.7. The van der Waals surface area contributed by atoms with Gasteiger partial charge in [-0.3, -0.25) is 28.8 Å². The fourth-order valence-electron chi connectivity index (χ4n) is 11.9. The lowest BCUT2D eigenvalue weighted by Gasteiger charge is -2.15. The Morgan fingerprint density at radius 1 is 0.685 bits per heavy atom. The number of aromatic hydroxyl groups is 8. The highest BCUT2D eigenvalue weighted by atomic mass is 79.9. The zero-order valence-corrected chi connectivity index (χ0v) is 71.9. The molecular formula is C90H74BrF2N7O20S4. The molecule has 9 N–H and O–H groups in total. The lowest BCUT2D eigenvalue weighted by molar-refractivity contribution is -0.113. The van der Waals surface area contributed by atoms with E-state index in [2.05, 4.69) is 47.0 Å². The number of pyridine rings is 1. The number of aryl methyl sites for hydroxylation is 6. The number of nitriles is 1. The number of thiophene rings is 1. The first-order chi connectivity index (χ1) is 59.0. The van der Waals surface area contributed by atoms with Gasteiger partial charge in [0.25, 0.3) is 11.5 Å². The van der Waals surface area contributed by atoms with Gasteiger partial charge in [-0.2, -0.15) is 19.1 Å². The SMILES string of the molecule is CC(F)(F)c1oc2c(O)c(O)ccc2c(=O)c1Oc1ccccc1.CCOC(=O)c1oc2c(O)c(O)ccc2c(=O)c1-c1cnn(-c2ccccc2)c1.COCc1cc(C)nc(SCC(=O)c2ccc(O)c(C)c2)c1C#N.Cc1cc(C(=O)CSc2nc3sc(C)c(C)c3c(=O)[nH]2)ccc1O.Cc1ccc(C2=NC(=O)/C(=C/c3cc(O)c(O)c(Br)c3)S2)cc1. The minimum atomic E-state index is -3.55. The van der Waals surface area contributed by atoms with Crippen LogP contribution in [-0.4, -0.2) is 119 Å². The predicted octanol–water partition coefficient (Wildman–Crippen LogP) is 18.6. The fourth-order valence-corrected chi connectivity index (χ4v) is 16.1. The Labute approximate surface area is 729 Å². The molecule has 0 radical (unpaired) electrons. The van der Waals surface area contributed by atoms with Gasteiger partial charge in [0.15, 0.2) is 50.9 Å². The number of aromatic amines is 1. The molecule has 14 aromatic rings. The van der Waals surface area contributed by atoms with Crippen LogP contribution in [0.4, 0.5) is 8.78 Å². The third-order valence-electron chi connectivity index (χ3n) is 18.3. The van der Waals surface area contributed by atoms with Crippen molar-refractivity contribution in [2.45, 2.75) is 78.1 Å². The zero-order valence-electron chi connectivity index (χ0n) is 67.1. The number of nitrogens with zero attached hydrogens (tertiary/aromatic N) is 6. The van der Waals surface area contributed by atoms with Crippen LogP contribution < -0.4 is 21.2 Å². The van der Waals surface area contributed by atoms with E-state index in [0.29, 0.717) is 87.3 Å². The van der Waals surface area contributed by atoms with E-state index in [1.807, 2.05) is 88.4 Å². The molecule has 7 heterocycles. The molecule has 0 spiro atoms. The number of hydrogen-bond donors (Lipinski definition) is 9. The van der Waals surface area contributed by atoms with Crippen molar-refractivity contribution in [2.75, 3.05) is 25.2 Å². The first-order valence-corrected chi connectivity index (χ1v) is 41.5. The first kappa shape index (κ1) is 91.1. The van der Waals surface area contributed by atoms with Crippen LogP contribution in [0.15, 0.2) is 224 Å². The molecule has 27 nitrogen and oxygen atoms in total. The molecule has 0 bridgehead atoms. The summed E-state index contributed by atoms with van der Waals surface area (Å²) in [5.74, 6) is -9.08. The molecule has 0 fully saturated rings. The van der Waals surface area contributed by atoms with E-state index in [1.165, 1.54) is 95.3 Å².